The van der Waals surface area contributed by atoms with Crippen molar-refractivity contribution < 1.29 is 13.2 Å². The zero-order valence-electron chi connectivity index (χ0n) is 22.3. The molecule has 194 valence electrons. The van der Waals surface area contributed by atoms with Crippen molar-refractivity contribution >= 4 is 21.6 Å². The van der Waals surface area contributed by atoms with Gasteiger partial charge in [-0.1, -0.05) is 39.8 Å². The van der Waals surface area contributed by atoms with Crippen LogP contribution >= 0.6 is 0 Å². The van der Waals surface area contributed by atoms with E-state index in [1.807, 2.05) is 13.0 Å². The van der Waals surface area contributed by atoms with Gasteiger partial charge in [0.05, 0.1) is 5.56 Å². The third-order valence-corrected chi connectivity index (χ3v) is 8.32. The molecule has 1 aliphatic heterocycles. The number of hydrogen-bond donors (Lipinski definition) is 0. The highest BCUT2D eigenvalue weighted by molar-refractivity contribution is 7.89. The lowest BCUT2D eigenvalue weighted by molar-refractivity contribution is 0.0711. The van der Waals surface area contributed by atoms with E-state index in [0.29, 0.717) is 45.8 Å². The fourth-order valence-electron chi connectivity index (χ4n) is 4.56. The number of rotatable bonds is 9. The first-order chi connectivity index (χ1) is 16.4. The second kappa shape index (κ2) is 11.1. The Labute approximate surface area is 210 Å². The van der Waals surface area contributed by atoms with Crippen LogP contribution in [-0.4, -0.2) is 72.6 Å². The van der Waals surface area contributed by atoms with E-state index >= 15 is 0 Å². The van der Waals surface area contributed by atoms with E-state index in [1.54, 1.807) is 15.8 Å². The number of piperazine rings is 1. The molecule has 1 aliphatic rings. The van der Waals surface area contributed by atoms with Crippen LogP contribution in [0.3, 0.4) is 0 Å². The first kappa shape index (κ1) is 27.2. The van der Waals surface area contributed by atoms with E-state index in [9.17, 15) is 13.2 Å². The molecule has 1 aromatic heterocycles. The first-order valence-corrected chi connectivity index (χ1v) is 14.1. The normalized spacial score (nSPS) is 15.3. The zero-order chi connectivity index (χ0) is 25.9. The summed E-state index contributed by atoms with van der Waals surface area (Å²) in [5.74, 6) is 0.286. The summed E-state index contributed by atoms with van der Waals surface area (Å²) in [5.41, 5.74) is 3.75. The van der Waals surface area contributed by atoms with Crippen LogP contribution in [0, 0.1) is 25.7 Å². The van der Waals surface area contributed by atoms with Crippen LogP contribution in [0.2, 0.25) is 0 Å². The quantitative estimate of drug-likeness (QED) is 0.520. The lowest BCUT2D eigenvalue weighted by Gasteiger charge is -2.36. The maximum Gasteiger partial charge on any atom is 0.263 e. The highest BCUT2D eigenvalue weighted by Crippen LogP contribution is 2.27. The summed E-state index contributed by atoms with van der Waals surface area (Å²) in [6, 6.07) is 6.21. The Morgan fingerprint density at radius 3 is 2.17 bits per heavy atom. The number of nitrogens with zero attached hydrogens (tertiary/aromatic N) is 5. The van der Waals surface area contributed by atoms with Crippen molar-refractivity contribution in [1.82, 2.24) is 19.0 Å². The Morgan fingerprint density at radius 2 is 1.63 bits per heavy atom. The van der Waals surface area contributed by atoms with E-state index < -0.39 is 10.0 Å². The van der Waals surface area contributed by atoms with E-state index in [2.05, 4.69) is 63.7 Å². The monoisotopic (exact) mass is 503 g/mol. The molecule has 0 atom stereocenters. The highest BCUT2D eigenvalue weighted by atomic mass is 32.2. The molecule has 9 heteroatoms. The minimum atomic E-state index is -3.91. The third kappa shape index (κ3) is 6.06. The van der Waals surface area contributed by atoms with Gasteiger partial charge >= 0.3 is 0 Å². The van der Waals surface area contributed by atoms with Gasteiger partial charge in [0.25, 0.3) is 15.9 Å². The van der Waals surface area contributed by atoms with Crippen molar-refractivity contribution in [3.05, 3.63) is 41.1 Å². The average molecular weight is 504 g/mol. The average Bonchev–Trinajstić information content (AvgIpc) is 3.25. The van der Waals surface area contributed by atoms with Crippen LogP contribution in [0.5, 0.6) is 0 Å². The zero-order valence-corrected chi connectivity index (χ0v) is 23.1. The third-order valence-electron chi connectivity index (χ3n) is 6.48. The molecule has 2 aromatic rings. The van der Waals surface area contributed by atoms with Crippen LogP contribution in [0.25, 0.3) is 0 Å². The molecule has 8 nitrogen and oxygen atoms in total. The van der Waals surface area contributed by atoms with E-state index in [0.717, 1.165) is 5.69 Å². The number of carbonyl (C=O) groups is 1. The highest BCUT2D eigenvalue weighted by Gasteiger charge is 2.36. The van der Waals surface area contributed by atoms with Gasteiger partial charge in [0.1, 0.15) is 0 Å². The number of sulfonamides is 1. The van der Waals surface area contributed by atoms with Gasteiger partial charge in [-0.25, -0.2) is 8.42 Å². The lowest BCUT2D eigenvalue weighted by atomic mass is 10.1. The molecule has 1 aromatic carbocycles. The Kier molecular flexibility index (Phi) is 8.64. The van der Waals surface area contributed by atoms with Crippen molar-refractivity contribution in [1.29, 1.82) is 0 Å². The molecule has 0 radical (unpaired) electrons. The molecular formula is C26H41N5O3S. The van der Waals surface area contributed by atoms with Gasteiger partial charge in [0.2, 0.25) is 5.03 Å². The van der Waals surface area contributed by atoms with E-state index in [4.69, 9.17) is 0 Å². The van der Waals surface area contributed by atoms with Crippen molar-refractivity contribution in [2.24, 2.45) is 11.8 Å². The lowest BCUT2D eigenvalue weighted by Crippen LogP contribution is -2.49. The summed E-state index contributed by atoms with van der Waals surface area (Å²) in [6.45, 7) is 17.8. The van der Waals surface area contributed by atoms with Gasteiger partial charge in [-0.2, -0.15) is 9.40 Å². The Balaban J connectivity index is 1.87. The molecule has 0 saturated carbocycles. The molecule has 2 heterocycles. The van der Waals surface area contributed by atoms with Crippen LogP contribution in [0.4, 0.5) is 5.69 Å². The smallest absolute Gasteiger partial charge is 0.263 e. The molecule has 1 saturated heterocycles. The van der Waals surface area contributed by atoms with Gasteiger partial charge in [-0.3, -0.25) is 9.48 Å². The molecular weight excluding hydrogens is 462 g/mol. The summed E-state index contributed by atoms with van der Waals surface area (Å²) in [6.07, 6.45) is 1.59. The van der Waals surface area contributed by atoms with Gasteiger partial charge in [0.15, 0.2) is 0 Å². The maximum absolute atomic E-state index is 13.7. The molecule has 3 rings (SSSR count). The van der Waals surface area contributed by atoms with Gasteiger partial charge in [-0.15, -0.1) is 0 Å². The molecule has 35 heavy (non-hydrogen) atoms. The largest absolute Gasteiger partial charge is 0.369 e. The Morgan fingerprint density at radius 1 is 1.03 bits per heavy atom. The summed E-state index contributed by atoms with van der Waals surface area (Å²) < 4.78 is 30.5. The van der Waals surface area contributed by atoms with Crippen LogP contribution in [-0.2, 0) is 16.6 Å². The van der Waals surface area contributed by atoms with Crippen molar-refractivity contribution in [2.45, 2.75) is 60.0 Å². The van der Waals surface area contributed by atoms with Crippen molar-refractivity contribution in [3.63, 3.8) is 0 Å². The Hall–Kier alpha value is -2.39. The number of amides is 1. The first-order valence-electron chi connectivity index (χ1n) is 12.6. The van der Waals surface area contributed by atoms with Crippen molar-refractivity contribution in [3.8, 4) is 0 Å². The number of benzene rings is 1. The summed E-state index contributed by atoms with van der Waals surface area (Å²) in [4.78, 5) is 17.6. The number of hydrogen-bond acceptors (Lipinski definition) is 5. The minimum Gasteiger partial charge on any atom is -0.369 e. The van der Waals surface area contributed by atoms with Gasteiger partial charge in [-0.05, 0) is 49.8 Å². The standard InChI is InChI=1S/C26H41N5O3S/c1-8-30-18-23(26(32)29(16-19(2)3)17-20(4)5)25(27-30)35(33,34)31-14-12-28(13-15-31)24-11-9-10-21(6)22(24)7/h9-11,18-20H,8,12-17H2,1-7H3. The molecule has 1 amide bonds. The number of aryl methyl sites for hydroxylation is 2. The summed E-state index contributed by atoms with van der Waals surface area (Å²) >= 11 is 0. The van der Waals surface area contributed by atoms with E-state index in [-0.39, 0.29) is 28.3 Å². The van der Waals surface area contributed by atoms with Crippen molar-refractivity contribution in [2.75, 3.05) is 44.2 Å². The summed E-state index contributed by atoms with van der Waals surface area (Å²) in [7, 11) is -3.91. The number of carbonyl (C=O) groups excluding carboxylic acids is 1. The Bertz CT molecular complexity index is 1120. The molecule has 0 N–H and O–H groups in total. The topological polar surface area (TPSA) is 78.8 Å². The van der Waals surface area contributed by atoms with Crippen LogP contribution < -0.4 is 4.90 Å². The fraction of sp³-hybridized carbons (Fsp3) is 0.615. The predicted molar refractivity (Wildman–Crippen MR) is 140 cm³/mol. The number of aromatic nitrogens is 2. The SMILES string of the molecule is CCn1cc(C(=O)N(CC(C)C)CC(C)C)c(S(=O)(=O)N2CCN(c3cccc(C)c3C)CC2)n1. The number of anilines is 1. The fourth-order valence-corrected chi connectivity index (χ4v) is 6.08. The second-order valence-electron chi connectivity index (χ2n) is 10.3. The summed E-state index contributed by atoms with van der Waals surface area (Å²) in [5, 5.41) is 4.24. The molecule has 0 spiro atoms. The predicted octanol–water partition coefficient (Wildman–Crippen LogP) is 3.78. The minimum absolute atomic E-state index is 0.123. The van der Waals surface area contributed by atoms with Gasteiger partial charge in [0, 0.05) is 57.7 Å². The molecule has 0 unspecified atom stereocenters. The molecule has 0 bridgehead atoms. The molecule has 1 fully saturated rings. The maximum atomic E-state index is 13.7. The van der Waals surface area contributed by atoms with Crippen LogP contribution in [0.1, 0.15) is 56.1 Å². The molecule has 0 aliphatic carbocycles. The second-order valence-corrected chi connectivity index (χ2v) is 12.2. The van der Waals surface area contributed by atoms with Crippen LogP contribution in [0.15, 0.2) is 29.4 Å². The van der Waals surface area contributed by atoms with Gasteiger partial charge < -0.3 is 9.80 Å². The van der Waals surface area contributed by atoms with E-state index in [1.165, 1.54) is 15.4 Å².